The molecule has 0 saturated carbocycles. The second kappa shape index (κ2) is 9.50. The first-order chi connectivity index (χ1) is 9.65. The quantitative estimate of drug-likeness (QED) is 0.681. The molecule has 1 aromatic carbocycles. The summed E-state index contributed by atoms with van der Waals surface area (Å²) in [5, 5.41) is 6.08. The Bertz CT molecular complexity index is 406. The molecular weight excluding hydrogens is 250 g/mol. The number of hydrogen-bond donors (Lipinski definition) is 2. The van der Waals surface area contributed by atoms with Crippen LogP contribution in [0.2, 0.25) is 0 Å². The van der Waals surface area contributed by atoms with Crippen LogP contribution in [0.25, 0.3) is 0 Å². The molecule has 0 fully saturated rings. The molecule has 1 amide bonds. The van der Waals surface area contributed by atoms with Gasteiger partial charge < -0.3 is 15.5 Å². The molecule has 0 saturated heterocycles. The molecule has 1 aromatic rings. The molecule has 0 heterocycles. The lowest BCUT2D eigenvalue weighted by Crippen LogP contribution is -2.36. The van der Waals surface area contributed by atoms with Crippen molar-refractivity contribution in [3.8, 4) is 0 Å². The lowest BCUT2D eigenvalue weighted by Gasteiger charge is -2.19. The molecule has 4 nitrogen and oxygen atoms in total. The van der Waals surface area contributed by atoms with Gasteiger partial charge in [0.2, 0.25) is 5.91 Å². The summed E-state index contributed by atoms with van der Waals surface area (Å²) in [5.41, 5.74) is 2.01. The standard InChI is InChI=1S/C16H27N3O/c1-4-10-19(5-2)11-9-17-13-16(20)18-15-8-6-7-14(3)12-15/h6-8,12,17H,4-5,9-11,13H2,1-3H3,(H,18,20). The third-order valence-corrected chi connectivity index (χ3v) is 3.18. The van der Waals surface area contributed by atoms with Gasteiger partial charge >= 0.3 is 0 Å². The fourth-order valence-electron chi connectivity index (χ4n) is 2.11. The zero-order valence-corrected chi connectivity index (χ0v) is 12.9. The van der Waals surface area contributed by atoms with Crippen molar-refractivity contribution in [3.05, 3.63) is 29.8 Å². The van der Waals surface area contributed by atoms with Crippen molar-refractivity contribution in [3.63, 3.8) is 0 Å². The highest BCUT2D eigenvalue weighted by Crippen LogP contribution is 2.08. The van der Waals surface area contributed by atoms with Crippen molar-refractivity contribution >= 4 is 11.6 Å². The van der Waals surface area contributed by atoms with Crippen molar-refractivity contribution in [2.75, 3.05) is 38.0 Å². The van der Waals surface area contributed by atoms with E-state index in [1.807, 2.05) is 31.2 Å². The molecule has 0 atom stereocenters. The van der Waals surface area contributed by atoms with Crippen molar-refractivity contribution in [1.29, 1.82) is 0 Å². The SMILES string of the molecule is CCCN(CC)CCNCC(=O)Nc1cccc(C)c1. The first-order valence-corrected chi connectivity index (χ1v) is 7.45. The van der Waals surface area contributed by atoms with E-state index in [0.29, 0.717) is 6.54 Å². The van der Waals surface area contributed by atoms with Gasteiger partial charge in [-0.2, -0.15) is 0 Å². The summed E-state index contributed by atoms with van der Waals surface area (Å²) in [6.07, 6.45) is 1.17. The van der Waals surface area contributed by atoms with Crippen LogP contribution in [0.3, 0.4) is 0 Å². The van der Waals surface area contributed by atoms with E-state index in [-0.39, 0.29) is 5.91 Å². The zero-order valence-electron chi connectivity index (χ0n) is 12.9. The summed E-state index contributed by atoms with van der Waals surface area (Å²) in [4.78, 5) is 14.2. The van der Waals surface area contributed by atoms with Crippen LogP contribution in [-0.4, -0.2) is 43.5 Å². The summed E-state index contributed by atoms with van der Waals surface area (Å²) in [5.74, 6) is 0.00846. The predicted octanol–water partition coefficient (Wildman–Crippen LogP) is 2.26. The number of hydrogen-bond acceptors (Lipinski definition) is 3. The summed E-state index contributed by atoms with van der Waals surface area (Å²) in [7, 11) is 0. The molecule has 0 aliphatic carbocycles. The van der Waals surface area contributed by atoms with Gasteiger partial charge in [0, 0.05) is 18.8 Å². The van der Waals surface area contributed by atoms with Gasteiger partial charge in [-0.05, 0) is 44.1 Å². The van der Waals surface area contributed by atoms with E-state index in [1.54, 1.807) is 0 Å². The first kappa shape index (κ1) is 16.7. The van der Waals surface area contributed by atoms with E-state index in [4.69, 9.17) is 0 Å². The molecule has 4 heteroatoms. The fourth-order valence-corrected chi connectivity index (χ4v) is 2.11. The van der Waals surface area contributed by atoms with Crippen LogP contribution in [0.4, 0.5) is 5.69 Å². The van der Waals surface area contributed by atoms with E-state index in [0.717, 1.165) is 37.4 Å². The van der Waals surface area contributed by atoms with E-state index < -0.39 is 0 Å². The van der Waals surface area contributed by atoms with Gasteiger partial charge in [-0.1, -0.05) is 26.0 Å². The Kier molecular flexibility index (Phi) is 7.92. The Morgan fingerprint density at radius 3 is 2.70 bits per heavy atom. The fraction of sp³-hybridized carbons (Fsp3) is 0.562. The van der Waals surface area contributed by atoms with Crippen LogP contribution in [0.1, 0.15) is 25.8 Å². The first-order valence-electron chi connectivity index (χ1n) is 7.45. The van der Waals surface area contributed by atoms with Gasteiger partial charge in [0.25, 0.3) is 0 Å². The summed E-state index contributed by atoms with van der Waals surface area (Å²) in [6.45, 7) is 10.7. The monoisotopic (exact) mass is 277 g/mol. The van der Waals surface area contributed by atoms with Crippen molar-refractivity contribution in [2.24, 2.45) is 0 Å². The van der Waals surface area contributed by atoms with Crippen LogP contribution in [0.5, 0.6) is 0 Å². The predicted molar refractivity (Wildman–Crippen MR) is 85.1 cm³/mol. The Labute approximate surface area is 122 Å². The zero-order chi connectivity index (χ0) is 14.8. The maximum absolute atomic E-state index is 11.8. The topological polar surface area (TPSA) is 44.4 Å². The van der Waals surface area contributed by atoms with Crippen LogP contribution in [-0.2, 0) is 4.79 Å². The number of carbonyl (C=O) groups excluding carboxylic acids is 1. The Hall–Kier alpha value is -1.39. The Balaban J connectivity index is 2.20. The Morgan fingerprint density at radius 1 is 1.25 bits per heavy atom. The molecule has 20 heavy (non-hydrogen) atoms. The van der Waals surface area contributed by atoms with Crippen LogP contribution < -0.4 is 10.6 Å². The molecule has 0 aliphatic rings. The van der Waals surface area contributed by atoms with Gasteiger partial charge in [0.05, 0.1) is 6.54 Å². The highest BCUT2D eigenvalue weighted by atomic mass is 16.1. The highest BCUT2D eigenvalue weighted by Gasteiger charge is 2.03. The number of amides is 1. The highest BCUT2D eigenvalue weighted by molar-refractivity contribution is 5.92. The average Bonchev–Trinajstić information content (AvgIpc) is 2.42. The number of benzene rings is 1. The molecule has 0 aliphatic heterocycles. The van der Waals surface area contributed by atoms with E-state index in [1.165, 1.54) is 6.42 Å². The number of nitrogens with one attached hydrogen (secondary N) is 2. The van der Waals surface area contributed by atoms with Crippen molar-refractivity contribution in [1.82, 2.24) is 10.2 Å². The van der Waals surface area contributed by atoms with Crippen molar-refractivity contribution in [2.45, 2.75) is 27.2 Å². The van der Waals surface area contributed by atoms with E-state index in [9.17, 15) is 4.79 Å². The van der Waals surface area contributed by atoms with E-state index in [2.05, 4.69) is 29.4 Å². The molecule has 0 aromatic heterocycles. The van der Waals surface area contributed by atoms with E-state index >= 15 is 0 Å². The maximum Gasteiger partial charge on any atom is 0.238 e. The second-order valence-electron chi connectivity index (χ2n) is 5.03. The molecule has 2 N–H and O–H groups in total. The number of likely N-dealkylation sites (N-methyl/N-ethyl adjacent to an activating group) is 1. The third-order valence-electron chi connectivity index (χ3n) is 3.18. The molecule has 0 bridgehead atoms. The number of anilines is 1. The number of aryl methyl sites for hydroxylation is 1. The summed E-state index contributed by atoms with van der Waals surface area (Å²) in [6, 6.07) is 7.84. The third kappa shape index (κ3) is 6.68. The second-order valence-corrected chi connectivity index (χ2v) is 5.03. The van der Waals surface area contributed by atoms with Crippen molar-refractivity contribution < 1.29 is 4.79 Å². The van der Waals surface area contributed by atoms with Gasteiger partial charge in [0.15, 0.2) is 0 Å². The lowest BCUT2D eigenvalue weighted by molar-refractivity contribution is -0.115. The normalized spacial score (nSPS) is 10.8. The maximum atomic E-state index is 11.8. The molecular formula is C16H27N3O. The smallest absolute Gasteiger partial charge is 0.238 e. The molecule has 0 unspecified atom stereocenters. The largest absolute Gasteiger partial charge is 0.325 e. The molecule has 0 spiro atoms. The summed E-state index contributed by atoms with van der Waals surface area (Å²) >= 11 is 0. The number of nitrogens with zero attached hydrogens (tertiary/aromatic N) is 1. The molecule has 112 valence electrons. The molecule has 1 rings (SSSR count). The van der Waals surface area contributed by atoms with Crippen LogP contribution in [0, 0.1) is 6.92 Å². The molecule has 0 radical (unpaired) electrons. The number of rotatable bonds is 9. The minimum atomic E-state index is 0.00846. The van der Waals surface area contributed by atoms with Crippen LogP contribution in [0.15, 0.2) is 24.3 Å². The summed E-state index contributed by atoms with van der Waals surface area (Å²) < 4.78 is 0. The average molecular weight is 277 g/mol. The van der Waals surface area contributed by atoms with Gasteiger partial charge in [0.1, 0.15) is 0 Å². The number of carbonyl (C=O) groups is 1. The minimum absolute atomic E-state index is 0.00846. The van der Waals surface area contributed by atoms with Gasteiger partial charge in [-0.25, -0.2) is 0 Å². The van der Waals surface area contributed by atoms with Gasteiger partial charge in [-0.15, -0.1) is 0 Å². The van der Waals surface area contributed by atoms with Crippen LogP contribution >= 0.6 is 0 Å². The minimum Gasteiger partial charge on any atom is -0.325 e. The lowest BCUT2D eigenvalue weighted by atomic mass is 10.2. The van der Waals surface area contributed by atoms with Gasteiger partial charge in [-0.3, -0.25) is 4.79 Å². The Morgan fingerprint density at radius 2 is 2.05 bits per heavy atom.